The van der Waals surface area contributed by atoms with Gasteiger partial charge in [-0.15, -0.1) is 34.0 Å². The molecule has 0 unspecified atom stereocenters. The van der Waals surface area contributed by atoms with Gasteiger partial charge in [-0.25, -0.2) is 49.2 Å². The number of nitrogens with one attached hydrogen (secondary N) is 3. The quantitative estimate of drug-likeness (QED) is 0.0728. The molecule has 21 nitrogen and oxygen atoms in total. The van der Waals surface area contributed by atoms with E-state index in [1.165, 1.54) is 36.8 Å². The Kier molecular flexibility index (Phi) is 17.0. The van der Waals surface area contributed by atoms with Crippen molar-refractivity contribution in [3.05, 3.63) is 159 Å². The Balaban J connectivity index is 0.000000129. The molecule has 14 rings (SSSR count). The van der Waals surface area contributed by atoms with E-state index >= 15 is 0 Å². The summed E-state index contributed by atoms with van der Waals surface area (Å²) in [7, 11) is 3.64. The Bertz CT molecular complexity index is 4360. The lowest BCUT2D eigenvalue weighted by Crippen LogP contribution is -2.03. The van der Waals surface area contributed by atoms with Crippen LogP contribution in [0.4, 0.5) is 32.8 Å². The van der Waals surface area contributed by atoms with Crippen LogP contribution in [0.2, 0.25) is 0 Å². The molecule has 0 radical (unpaired) electrons. The largest absolute Gasteiger partial charge is 0.495 e. The maximum Gasteiger partial charge on any atom is 0.188 e. The van der Waals surface area contributed by atoms with Gasteiger partial charge in [-0.05, 0) is 122 Å². The molecule has 11 aromatic heterocycles. The highest BCUT2D eigenvalue weighted by Crippen LogP contribution is 2.42. The van der Waals surface area contributed by atoms with Gasteiger partial charge < -0.3 is 25.3 Å². The number of aryl methyl sites for hydroxylation is 6. The maximum atomic E-state index is 5.65. The molecule has 0 atom stereocenters. The number of aromatic nitrogens is 17. The fourth-order valence-electron chi connectivity index (χ4n) is 10.4. The Morgan fingerprint density at radius 2 is 0.966 bits per heavy atom. The molecule has 12 aromatic rings. The SMILES string of the molecule is CCc1nn(C2CC2)c(Nc2nc(-c3ccc(-n4cnc(C)c4)c(OC)c3)cs2)c1C.CCc1nn(C2CC2)c(Nc2nc(-c3ccc(-n4cnc(C)c4)nc3)cs2)c1C.Cc1cn(-c2ccc(-c3csc(Nc4c(C)c(C(C)C)nn4C)n3)cn2)cn1. The number of hydrogen-bond acceptors (Lipinski definition) is 18. The summed E-state index contributed by atoms with van der Waals surface area (Å²) in [6, 6.07) is 15.2. The van der Waals surface area contributed by atoms with E-state index in [9.17, 15) is 0 Å². The van der Waals surface area contributed by atoms with E-state index in [1.807, 2.05) is 119 Å². The number of nitrogens with zero attached hydrogens (tertiary/aromatic N) is 17. The Morgan fingerprint density at radius 3 is 1.34 bits per heavy atom. The van der Waals surface area contributed by atoms with Gasteiger partial charge in [0.05, 0.1) is 82.5 Å². The molecule has 2 aliphatic rings. The normalized spacial score (nSPS) is 12.9. The van der Waals surface area contributed by atoms with Crippen molar-refractivity contribution < 1.29 is 4.74 Å². The summed E-state index contributed by atoms with van der Waals surface area (Å²) in [6.07, 6.45) is 21.6. The first kappa shape index (κ1) is 59.2. The molecule has 1 aromatic carbocycles. The summed E-state index contributed by atoms with van der Waals surface area (Å²) in [6.45, 7) is 20.9. The highest BCUT2D eigenvalue weighted by Gasteiger charge is 2.31. The van der Waals surface area contributed by atoms with E-state index in [0.29, 0.717) is 18.0 Å². The fourth-order valence-corrected chi connectivity index (χ4v) is 12.6. The van der Waals surface area contributed by atoms with E-state index in [1.54, 1.807) is 60.1 Å². The zero-order chi connectivity index (χ0) is 61.3. The molecule has 2 saturated carbocycles. The number of imidazole rings is 3. The number of hydrogen-bond donors (Lipinski definition) is 3. The maximum absolute atomic E-state index is 5.65. The molecule has 2 aliphatic carbocycles. The summed E-state index contributed by atoms with van der Waals surface area (Å²) < 4.78 is 17.6. The third-order valence-corrected chi connectivity index (χ3v) is 17.8. The molecule has 0 bridgehead atoms. The zero-order valence-corrected chi connectivity index (χ0v) is 54.1. The smallest absolute Gasteiger partial charge is 0.188 e. The lowest BCUT2D eigenvalue weighted by Gasteiger charge is -2.10. The molecule has 11 heterocycles. The van der Waals surface area contributed by atoms with Crippen LogP contribution >= 0.6 is 34.0 Å². The second-order valence-corrected chi connectivity index (χ2v) is 25.1. The van der Waals surface area contributed by atoms with Gasteiger partial charge in [0.2, 0.25) is 0 Å². The van der Waals surface area contributed by atoms with Gasteiger partial charge in [0.1, 0.15) is 47.5 Å². The summed E-state index contributed by atoms with van der Waals surface area (Å²) in [5, 5.41) is 33.5. The molecular weight excluding hydrogens is 1160 g/mol. The molecule has 24 heteroatoms. The van der Waals surface area contributed by atoms with Gasteiger partial charge in [-0.2, -0.15) is 15.3 Å². The van der Waals surface area contributed by atoms with Crippen molar-refractivity contribution >= 4 is 66.9 Å². The number of thiazole rings is 3. The number of benzene rings is 1. The van der Waals surface area contributed by atoms with E-state index in [2.05, 4.69) is 121 Å². The third-order valence-electron chi connectivity index (χ3n) is 15.5. The Hall–Kier alpha value is -9.13. The van der Waals surface area contributed by atoms with Gasteiger partial charge >= 0.3 is 0 Å². The number of ether oxygens (including phenoxy) is 1. The van der Waals surface area contributed by atoms with Crippen molar-refractivity contribution in [3.8, 4) is 56.8 Å². The lowest BCUT2D eigenvalue weighted by molar-refractivity contribution is 0.413. The molecule has 0 aliphatic heterocycles. The van der Waals surface area contributed by atoms with Crippen molar-refractivity contribution in [3.63, 3.8) is 0 Å². The lowest BCUT2D eigenvalue weighted by atomic mass is 10.1. The highest BCUT2D eigenvalue weighted by molar-refractivity contribution is 7.14. The van der Waals surface area contributed by atoms with Crippen LogP contribution in [0.1, 0.15) is 122 Å². The van der Waals surface area contributed by atoms with Gasteiger partial charge in [0.15, 0.2) is 15.4 Å². The second-order valence-electron chi connectivity index (χ2n) is 22.5. The standard InChI is InChI=1S/C23H26N6OS.C21H23N7S.C20H23N7S/c1-5-18-15(3)22(29(27-18)17-7-8-17)26-23-25-19(12-31-23)16-6-9-20(21(10-16)30-4)28-11-14(2)24-13-28;1-4-17-14(3)20(28(26-17)16-6-7-16)25-21-24-18(11-29-21)15-5-8-19(22-9-15)27-10-13(2)23-12-27;1-12(2)18-14(4)19(26(5)25-18)24-20-23-16(10-28-20)15-6-7-17(21-8-15)27-9-13(3)22-11-27/h6,9-13,17H,5,7-8H2,1-4H3,(H,25,26);5,8-12,16H,4,6-7H2,1-3H3,(H,24,25);6-12H,1-5H3,(H,23,24). The van der Waals surface area contributed by atoms with Crippen LogP contribution in [0.25, 0.3) is 51.1 Å². The van der Waals surface area contributed by atoms with Gasteiger partial charge in [0, 0.05) is 87.6 Å². The first-order valence-corrected chi connectivity index (χ1v) is 32.3. The van der Waals surface area contributed by atoms with Crippen molar-refractivity contribution in [2.24, 2.45) is 7.05 Å². The van der Waals surface area contributed by atoms with Gasteiger partial charge in [0.25, 0.3) is 0 Å². The van der Waals surface area contributed by atoms with Crippen molar-refractivity contribution in [1.29, 1.82) is 0 Å². The minimum Gasteiger partial charge on any atom is -0.495 e. The average Bonchev–Trinajstić information content (AvgIpc) is 2.06. The first-order valence-electron chi connectivity index (χ1n) is 29.6. The van der Waals surface area contributed by atoms with E-state index < -0.39 is 0 Å². The fraction of sp³-hybridized carbons (Fsp3) is 0.328. The molecule has 2 fully saturated rings. The van der Waals surface area contributed by atoms with Gasteiger partial charge in [-0.1, -0.05) is 33.8 Å². The number of methoxy groups -OCH3 is 1. The monoisotopic (exact) mass is 1230 g/mol. The zero-order valence-electron chi connectivity index (χ0n) is 51.6. The van der Waals surface area contributed by atoms with Crippen molar-refractivity contribution in [1.82, 2.24) is 82.9 Å². The van der Waals surface area contributed by atoms with Gasteiger partial charge in [-0.3, -0.25) is 13.8 Å². The van der Waals surface area contributed by atoms with Crippen LogP contribution in [-0.2, 0) is 19.9 Å². The van der Waals surface area contributed by atoms with Crippen LogP contribution in [0.5, 0.6) is 5.75 Å². The molecule has 0 saturated heterocycles. The second kappa shape index (κ2) is 25.3. The van der Waals surface area contributed by atoms with Crippen molar-refractivity contribution in [2.75, 3.05) is 23.1 Å². The van der Waals surface area contributed by atoms with E-state index in [-0.39, 0.29) is 0 Å². The summed E-state index contributed by atoms with van der Waals surface area (Å²) >= 11 is 4.78. The van der Waals surface area contributed by atoms with Crippen LogP contribution in [-0.4, -0.2) is 90.0 Å². The number of rotatable bonds is 18. The Labute approximate surface area is 523 Å². The average molecular weight is 1230 g/mol. The summed E-state index contributed by atoms with van der Waals surface area (Å²) in [5.74, 6) is 5.99. The van der Waals surface area contributed by atoms with Crippen LogP contribution in [0.15, 0.2) is 109 Å². The molecular formula is C64H72N20OS3. The topological polar surface area (TPSA) is 217 Å². The summed E-state index contributed by atoms with van der Waals surface area (Å²) in [4.78, 5) is 36.3. The minimum atomic E-state index is 0.387. The predicted octanol–water partition coefficient (Wildman–Crippen LogP) is 14.9. The predicted molar refractivity (Wildman–Crippen MR) is 351 cm³/mol. The third kappa shape index (κ3) is 12.8. The molecule has 88 heavy (non-hydrogen) atoms. The van der Waals surface area contributed by atoms with Crippen molar-refractivity contribution in [2.45, 2.75) is 126 Å². The van der Waals surface area contributed by atoms with Crippen LogP contribution in [0, 0.1) is 41.5 Å². The van der Waals surface area contributed by atoms with Crippen LogP contribution < -0.4 is 20.7 Å². The van der Waals surface area contributed by atoms with E-state index in [4.69, 9.17) is 29.9 Å². The molecule has 452 valence electrons. The molecule has 0 spiro atoms. The first-order chi connectivity index (χ1) is 42.6. The highest BCUT2D eigenvalue weighted by atomic mass is 32.1. The number of anilines is 6. The van der Waals surface area contributed by atoms with Crippen LogP contribution in [0.3, 0.4) is 0 Å². The van der Waals surface area contributed by atoms with E-state index in [0.717, 1.165) is 142 Å². The number of pyridine rings is 2. The Morgan fingerprint density at radius 1 is 0.534 bits per heavy atom. The summed E-state index contributed by atoms with van der Waals surface area (Å²) in [5.41, 5.74) is 16.6. The molecule has 3 N–H and O–H groups in total. The minimum absolute atomic E-state index is 0.387. The molecule has 0 amide bonds.